The zero-order valence-electron chi connectivity index (χ0n) is 10.9. The summed E-state index contributed by atoms with van der Waals surface area (Å²) < 4.78 is 0. The van der Waals surface area contributed by atoms with Crippen molar-refractivity contribution in [2.24, 2.45) is 5.92 Å². The Morgan fingerprint density at radius 3 is 2.33 bits per heavy atom. The van der Waals surface area contributed by atoms with Gasteiger partial charge in [-0.25, -0.2) is 0 Å². The van der Waals surface area contributed by atoms with Crippen molar-refractivity contribution in [1.82, 2.24) is 5.32 Å². The molecule has 1 heterocycles. The molecular formula is C14H18N2O2. The molecular weight excluding hydrogens is 228 g/mol. The number of nitrogens with one attached hydrogen (secondary N) is 1. The molecule has 1 aliphatic rings. The van der Waals surface area contributed by atoms with Gasteiger partial charge in [-0.3, -0.25) is 14.5 Å². The fourth-order valence-corrected chi connectivity index (χ4v) is 2.18. The van der Waals surface area contributed by atoms with Gasteiger partial charge in [0.05, 0.1) is 0 Å². The van der Waals surface area contributed by atoms with Gasteiger partial charge < -0.3 is 5.32 Å². The third kappa shape index (κ3) is 2.10. The van der Waals surface area contributed by atoms with Crippen LogP contribution in [0.25, 0.3) is 0 Å². The number of rotatable bonds is 2. The number of hydrogen-bond acceptors (Lipinski definition) is 2. The molecule has 0 bridgehead atoms. The Balaban J connectivity index is 2.37. The molecule has 1 N–H and O–H groups in total. The number of piperazine rings is 1. The molecule has 0 spiro atoms. The Morgan fingerprint density at radius 1 is 1.17 bits per heavy atom. The van der Waals surface area contributed by atoms with Crippen LogP contribution in [0.1, 0.15) is 20.8 Å². The van der Waals surface area contributed by atoms with Crippen LogP contribution in [0.15, 0.2) is 30.3 Å². The molecule has 1 aromatic rings. The Morgan fingerprint density at radius 2 is 1.78 bits per heavy atom. The van der Waals surface area contributed by atoms with Crippen molar-refractivity contribution in [3.63, 3.8) is 0 Å². The number of hydrogen-bond donors (Lipinski definition) is 1. The van der Waals surface area contributed by atoms with E-state index < -0.39 is 12.1 Å². The molecule has 2 atom stereocenters. The Labute approximate surface area is 107 Å². The standard InChI is InChI=1S/C14H18N2O2/c1-9(2)12-14(18)16(10(3)13(17)15-12)11-7-5-4-6-8-11/h4-10,12H,1-3H3,(H,15,17). The van der Waals surface area contributed by atoms with Gasteiger partial charge in [-0.05, 0) is 25.0 Å². The molecule has 1 fully saturated rings. The van der Waals surface area contributed by atoms with Crippen molar-refractivity contribution in [2.75, 3.05) is 4.90 Å². The summed E-state index contributed by atoms with van der Waals surface area (Å²) in [5, 5.41) is 2.78. The van der Waals surface area contributed by atoms with Gasteiger partial charge in [-0.15, -0.1) is 0 Å². The third-order valence-electron chi connectivity index (χ3n) is 3.27. The Kier molecular flexibility index (Phi) is 3.36. The average molecular weight is 246 g/mol. The lowest BCUT2D eigenvalue weighted by Gasteiger charge is -2.38. The van der Waals surface area contributed by atoms with E-state index in [9.17, 15) is 9.59 Å². The number of benzene rings is 1. The second-order valence-corrected chi connectivity index (χ2v) is 4.95. The van der Waals surface area contributed by atoms with Gasteiger partial charge in [0, 0.05) is 5.69 Å². The van der Waals surface area contributed by atoms with E-state index in [2.05, 4.69) is 5.32 Å². The highest BCUT2D eigenvalue weighted by atomic mass is 16.2. The van der Waals surface area contributed by atoms with Gasteiger partial charge in [-0.1, -0.05) is 32.0 Å². The summed E-state index contributed by atoms with van der Waals surface area (Å²) in [5.74, 6) is -0.0550. The van der Waals surface area contributed by atoms with E-state index >= 15 is 0 Å². The van der Waals surface area contributed by atoms with Crippen molar-refractivity contribution in [3.05, 3.63) is 30.3 Å². The Bertz CT molecular complexity index is 456. The van der Waals surface area contributed by atoms with E-state index in [1.165, 1.54) is 0 Å². The molecule has 1 aromatic carbocycles. The van der Waals surface area contributed by atoms with Crippen LogP contribution < -0.4 is 10.2 Å². The van der Waals surface area contributed by atoms with Crippen LogP contribution in [0.5, 0.6) is 0 Å². The van der Waals surface area contributed by atoms with E-state index in [1.54, 1.807) is 11.8 Å². The number of para-hydroxylation sites is 1. The third-order valence-corrected chi connectivity index (χ3v) is 3.27. The first-order valence-corrected chi connectivity index (χ1v) is 6.21. The molecule has 2 unspecified atom stereocenters. The maximum atomic E-state index is 12.4. The predicted octanol–water partition coefficient (Wildman–Crippen LogP) is 1.56. The minimum absolute atomic E-state index is 0.0386. The highest BCUT2D eigenvalue weighted by Crippen LogP contribution is 2.23. The summed E-state index contributed by atoms with van der Waals surface area (Å²) >= 11 is 0. The molecule has 2 amide bonds. The van der Waals surface area contributed by atoms with Crippen LogP contribution >= 0.6 is 0 Å². The maximum Gasteiger partial charge on any atom is 0.250 e. The van der Waals surface area contributed by atoms with E-state index in [4.69, 9.17) is 0 Å². The summed E-state index contributed by atoms with van der Waals surface area (Å²) in [6.07, 6.45) is 0. The molecule has 4 heteroatoms. The van der Waals surface area contributed by atoms with Crippen LogP contribution in [0.3, 0.4) is 0 Å². The summed E-state index contributed by atoms with van der Waals surface area (Å²) in [4.78, 5) is 26.0. The molecule has 0 aromatic heterocycles. The molecule has 0 saturated carbocycles. The molecule has 96 valence electrons. The van der Waals surface area contributed by atoms with Crippen molar-refractivity contribution >= 4 is 17.5 Å². The largest absolute Gasteiger partial charge is 0.342 e. The number of amides is 2. The molecule has 4 nitrogen and oxygen atoms in total. The first-order valence-electron chi connectivity index (χ1n) is 6.21. The van der Waals surface area contributed by atoms with Gasteiger partial charge in [-0.2, -0.15) is 0 Å². The molecule has 1 aliphatic heterocycles. The molecule has 2 rings (SSSR count). The maximum absolute atomic E-state index is 12.4. The fraction of sp³-hybridized carbons (Fsp3) is 0.429. The van der Waals surface area contributed by atoms with Crippen LogP contribution in [-0.2, 0) is 9.59 Å². The minimum atomic E-state index is -0.463. The number of carbonyl (C=O) groups is 2. The van der Waals surface area contributed by atoms with Crippen LogP contribution in [0.2, 0.25) is 0 Å². The van der Waals surface area contributed by atoms with Gasteiger partial charge >= 0.3 is 0 Å². The lowest BCUT2D eigenvalue weighted by molar-refractivity contribution is -0.134. The number of nitrogens with zero attached hydrogens (tertiary/aromatic N) is 1. The second-order valence-electron chi connectivity index (χ2n) is 4.95. The molecule has 1 saturated heterocycles. The summed E-state index contributed by atoms with van der Waals surface area (Å²) in [5.41, 5.74) is 0.774. The molecule has 0 aliphatic carbocycles. The Hall–Kier alpha value is -1.84. The average Bonchev–Trinajstić information content (AvgIpc) is 2.35. The quantitative estimate of drug-likeness (QED) is 0.861. The lowest BCUT2D eigenvalue weighted by atomic mass is 9.98. The van der Waals surface area contributed by atoms with Crippen molar-refractivity contribution < 1.29 is 9.59 Å². The van der Waals surface area contributed by atoms with E-state index in [1.807, 2.05) is 44.2 Å². The van der Waals surface area contributed by atoms with Gasteiger partial charge in [0.2, 0.25) is 5.91 Å². The number of carbonyl (C=O) groups excluding carboxylic acids is 2. The highest BCUT2D eigenvalue weighted by molar-refractivity contribution is 6.08. The molecule has 0 radical (unpaired) electrons. The monoisotopic (exact) mass is 246 g/mol. The fourth-order valence-electron chi connectivity index (χ4n) is 2.18. The van der Waals surface area contributed by atoms with Crippen LogP contribution in [0.4, 0.5) is 5.69 Å². The van der Waals surface area contributed by atoms with Gasteiger partial charge in [0.15, 0.2) is 0 Å². The van der Waals surface area contributed by atoms with Crippen LogP contribution in [-0.4, -0.2) is 23.9 Å². The smallest absolute Gasteiger partial charge is 0.250 e. The van der Waals surface area contributed by atoms with Crippen molar-refractivity contribution in [3.8, 4) is 0 Å². The van der Waals surface area contributed by atoms with Gasteiger partial charge in [0.25, 0.3) is 5.91 Å². The summed E-state index contributed by atoms with van der Waals surface area (Å²) in [6, 6.07) is 8.43. The first-order chi connectivity index (χ1) is 8.52. The van der Waals surface area contributed by atoms with Gasteiger partial charge in [0.1, 0.15) is 12.1 Å². The van der Waals surface area contributed by atoms with Crippen LogP contribution in [0, 0.1) is 5.92 Å². The zero-order valence-corrected chi connectivity index (χ0v) is 10.9. The van der Waals surface area contributed by atoms with Crippen molar-refractivity contribution in [1.29, 1.82) is 0 Å². The number of anilines is 1. The topological polar surface area (TPSA) is 49.4 Å². The normalized spacial score (nSPS) is 24.3. The zero-order chi connectivity index (χ0) is 13.3. The molecule has 18 heavy (non-hydrogen) atoms. The minimum Gasteiger partial charge on any atom is -0.342 e. The predicted molar refractivity (Wildman–Crippen MR) is 70.2 cm³/mol. The first kappa shape index (κ1) is 12.6. The lowest BCUT2D eigenvalue weighted by Crippen LogP contribution is -2.64. The second kappa shape index (κ2) is 4.80. The summed E-state index contributed by atoms with van der Waals surface area (Å²) in [7, 11) is 0. The highest BCUT2D eigenvalue weighted by Gasteiger charge is 2.40. The van der Waals surface area contributed by atoms with E-state index in [-0.39, 0.29) is 17.7 Å². The van der Waals surface area contributed by atoms with E-state index in [0.29, 0.717) is 0 Å². The SMILES string of the molecule is CC(C)C1NC(=O)C(C)N(c2ccccc2)C1=O. The van der Waals surface area contributed by atoms with E-state index in [0.717, 1.165) is 5.69 Å². The van der Waals surface area contributed by atoms with Crippen molar-refractivity contribution in [2.45, 2.75) is 32.9 Å². The summed E-state index contributed by atoms with van der Waals surface area (Å²) in [6.45, 7) is 5.61.